The topological polar surface area (TPSA) is 74.6 Å². The van der Waals surface area contributed by atoms with Crippen molar-refractivity contribution >= 4 is 17.6 Å². The van der Waals surface area contributed by atoms with Gasteiger partial charge in [-0.1, -0.05) is 0 Å². The number of nitrogens with one attached hydrogen (secondary N) is 2. The molecule has 0 radical (unpaired) electrons. The van der Waals surface area contributed by atoms with Gasteiger partial charge in [-0.3, -0.25) is 4.79 Å². The average molecular weight is 359 g/mol. The number of amides is 3. The van der Waals surface area contributed by atoms with Crippen LogP contribution >= 0.6 is 0 Å². The molecule has 1 aliphatic rings. The number of benzene rings is 1. The molecule has 0 atom stereocenters. The molecule has 3 amide bonds. The fourth-order valence-corrected chi connectivity index (χ4v) is 3.05. The lowest BCUT2D eigenvalue weighted by Crippen LogP contribution is -2.41. The lowest BCUT2D eigenvalue weighted by atomic mass is 9.94. The van der Waals surface area contributed by atoms with E-state index in [9.17, 15) is 14.0 Å². The first-order chi connectivity index (χ1) is 12.6. The zero-order chi connectivity index (χ0) is 18.4. The van der Waals surface area contributed by atoms with Gasteiger partial charge in [-0.25, -0.2) is 9.18 Å². The first-order valence-corrected chi connectivity index (χ1v) is 8.75. The highest BCUT2D eigenvalue weighted by atomic mass is 19.1. The number of hydrogen-bond acceptors (Lipinski definition) is 3. The predicted molar refractivity (Wildman–Crippen MR) is 95.4 cm³/mol. The number of anilines is 1. The Balaban J connectivity index is 1.36. The van der Waals surface area contributed by atoms with E-state index in [-0.39, 0.29) is 17.8 Å². The zero-order valence-electron chi connectivity index (χ0n) is 14.4. The number of rotatable bonds is 5. The van der Waals surface area contributed by atoms with Gasteiger partial charge in [0, 0.05) is 25.3 Å². The van der Waals surface area contributed by atoms with Gasteiger partial charge < -0.3 is 20.0 Å². The van der Waals surface area contributed by atoms with Crippen molar-refractivity contribution in [3.05, 3.63) is 54.2 Å². The van der Waals surface area contributed by atoms with E-state index in [0.29, 0.717) is 37.0 Å². The van der Waals surface area contributed by atoms with Crippen LogP contribution in [0.15, 0.2) is 47.1 Å². The molecule has 7 heteroatoms. The maximum Gasteiger partial charge on any atom is 0.321 e. The van der Waals surface area contributed by atoms with E-state index in [0.717, 1.165) is 19.3 Å². The number of urea groups is 1. The molecule has 26 heavy (non-hydrogen) atoms. The largest absolute Gasteiger partial charge is 0.459 e. The number of nitrogens with zero attached hydrogens (tertiary/aromatic N) is 1. The average Bonchev–Trinajstić information content (AvgIpc) is 3.19. The molecule has 6 nitrogen and oxygen atoms in total. The molecule has 0 saturated carbocycles. The first kappa shape index (κ1) is 18.0. The van der Waals surface area contributed by atoms with Crippen LogP contribution in [-0.2, 0) is 0 Å². The SMILES string of the molecule is O=C(NCCC1CCN(C(=O)Nc2ccc(F)cc2)CC1)c1ccco1. The van der Waals surface area contributed by atoms with Crippen LogP contribution in [0.1, 0.15) is 29.8 Å². The highest BCUT2D eigenvalue weighted by molar-refractivity contribution is 5.91. The summed E-state index contributed by atoms with van der Waals surface area (Å²) in [6, 6.07) is 8.87. The molecule has 138 valence electrons. The molecule has 2 N–H and O–H groups in total. The summed E-state index contributed by atoms with van der Waals surface area (Å²) in [6.45, 7) is 1.93. The van der Waals surface area contributed by atoms with E-state index in [1.54, 1.807) is 29.2 Å². The summed E-state index contributed by atoms with van der Waals surface area (Å²) in [7, 11) is 0. The Morgan fingerprint density at radius 3 is 2.54 bits per heavy atom. The van der Waals surface area contributed by atoms with Gasteiger partial charge in [-0.05, 0) is 61.6 Å². The number of piperidine rings is 1. The maximum absolute atomic E-state index is 12.9. The molecule has 1 aliphatic heterocycles. The van der Waals surface area contributed by atoms with Gasteiger partial charge in [0.2, 0.25) is 0 Å². The minimum atomic E-state index is -0.331. The maximum atomic E-state index is 12.9. The van der Waals surface area contributed by atoms with Crippen molar-refractivity contribution < 1.29 is 18.4 Å². The van der Waals surface area contributed by atoms with Gasteiger partial charge in [-0.2, -0.15) is 0 Å². The minimum Gasteiger partial charge on any atom is -0.459 e. The molecule has 0 unspecified atom stereocenters. The summed E-state index contributed by atoms with van der Waals surface area (Å²) in [5.41, 5.74) is 0.583. The van der Waals surface area contributed by atoms with Crippen LogP contribution in [0.3, 0.4) is 0 Å². The Morgan fingerprint density at radius 2 is 1.88 bits per heavy atom. The van der Waals surface area contributed by atoms with E-state index >= 15 is 0 Å². The molecular weight excluding hydrogens is 337 g/mol. The van der Waals surface area contributed by atoms with E-state index in [1.807, 2.05) is 0 Å². The Hall–Kier alpha value is -2.83. The van der Waals surface area contributed by atoms with Crippen LogP contribution < -0.4 is 10.6 Å². The molecule has 2 heterocycles. The van der Waals surface area contributed by atoms with Crippen LogP contribution in [0.5, 0.6) is 0 Å². The van der Waals surface area contributed by atoms with Gasteiger partial charge in [0.1, 0.15) is 5.82 Å². The van der Waals surface area contributed by atoms with Crippen molar-refractivity contribution in [2.75, 3.05) is 25.0 Å². The highest BCUT2D eigenvalue weighted by Gasteiger charge is 2.23. The first-order valence-electron chi connectivity index (χ1n) is 8.75. The van der Waals surface area contributed by atoms with Crippen LogP contribution in [0.25, 0.3) is 0 Å². The van der Waals surface area contributed by atoms with Crippen molar-refractivity contribution in [1.29, 1.82) is 0 Å². The van der Waals surface area contributed by atoms with Crippen molar-refractivity contribution in [3.63, 3.8) is 0 Å². The normalized spacial score (nSPS) is 14.9. The van der Waals surface area contributed by atoms with E-state index in [2.05, 4.69) is 10.6 Å². The lowest BCUT2D eigenvalue weighted by molar-refractivity contribution is 0.0922. The Morgan fingerprint density at radius 1 is 1.15 bits per heavy atom. The van der Waals surface area contributed by atoms with Crippen molar-refractivity contribution in [2.45, 2.75) is 19.3 Å². The van der Waals surface area contributed by atoms with Gasteiger partial charge >= 0.3 is 6.03 Å². The smallest absolute Gasteiger partial charge is 0.321 e. The Kier molecular flexibility index (Phi) is 5.88. The number of carbonyl (C=O) groups is 2. The number of furan rings is 1. The number of halogens is 1. The fraction of sp³-hybridized carbons (Fsp3) is 0.368. The third-order valence-electron chi connectivity index (χ3n) is 4.58. The van der Waals surface area contributed by atoms with Gasteiger partial charge in [0.05, 0.1) is 6.26 Å². The molecule has 1 saturated heterocycles. The number of likely N-dealkylation sites (tertiary alicyclic amines) is 1. The Labute approximate surface area is 151 Å². The fourth-order valence-electron chi connectivity index (χ4n) is 3.05. The van der Waals surface area contributed by atoms with Crippen molar-refractivity contribution in [2.24, 2.45) is 5.92 Å². The monoisotopic (exact) mass is 359 g/mol. The van der Waals surface area contributed by atoms with E-state index in [4.69, 9.17) is 4.42 Å². The third kappa shape index (κ3) is 4.84. The minimum absolute atomic E-state index is 0.166. The summed E-state index contributed by atoms with van der Waals surface area (Å²) in [4.78, 5) is 25.8. The standard InChI is InChI=1S/C19H22FN3O3/c20-15-3-5-16(6-4-15)22-19(25)23-11-8-14(9-12-23)7-10-21-18(24)17-2-1-13-26-17/h1-6,13-14H,7-12H2,(H,21,24)(H,22,25). The summed E-state index contributed by atoms with van der Waals surface area (Å²) in [5.74, 6) is 0.258. The van der Waals surface area contributed by atoms with Crippen LogP contribution in [0, 0.1) is 11.7 Å². The Bertz CT molecular complexity index is 723. The summed E-state index contributed by atoms with van der Waals surface area (Å²) < 4.78 is 17.9. The molecule has 0 bridgehead atoms. The molecule has 1 aromatic carbocycles. The molecule has 1 fully saturated rings. The zero-order valence-corrected chi connectivity index (χ0v) is 14.4. The van der Waals surface area contributed by atoms with E-state index in [1.165, 1.54) is 18.4 Å². The van der Waals surface area contributed by atoms with Crippen LogP contribution in [0.4, 0.5) is 14.9 Å². The predicted octanol–water partition coefficient (Wildman–Crippen LogP) is 3.48. The molecule has 0 aliphatic carbocycles. The quantitative estimate of drug-likeness (QED) is 0.858. The van der Waals surface area contributed by atoms with Gasteiger partial charge in [-0.15, -0.1) is 0 Å². The molecule has 3 rings (SSSR count). The second kappa shape index (κ2) is 8.51. The molecule has 0 spiro atoms. The third-order valence-corrected chi connectivity index (χ3v) is 4.58. The second-order valence-corrected chi connectivity index (χ2v) is 6.39. The number of carbonyl (C=O) groups excluding carboxylic acids is 2. The van der Waals surface area contributed by atoms with Crippen molar-refractivity contribution in [3.8, 4) is 0 Å². The van der Waals surface area contributed by atoms with Crippen LogP contribution in [-0.4, -0.2) is 36.5 Å². The van der Waals surface area contributed by atoms with Gasteiger partial charge in [0.25, 0.3) is 5.91 Å². The highest BCUT2D eigenvalue weighted by Crippen LogP contribution is 2.21. The van der Waals surface area contributed by atoms with Crippen molar-refractivity contribution in [1.82, 2.24) is 10.2 Å². The summed E-state index contributed by atoms with van der Waals surface area (Å²) in [5, 5.41) is 5.63. The molecular formula is C19H22FN3O3. The molecule has 2 aromatic rings. The lowest BCUT2D eigenvalue weighted by Gasteiger charge is -2.32. The summed E-state index contributed by atoms with van der Waals surface area (Å²) in [6.07, 6.45) is 4.14. The second-order valence-electron chi connectivity index (χ2n) is 6.39. The van der Waals surface area contributed by atoms with Gasteiger partial charge in [0.15, 0.2) is 5.76 Å². The number of hydrogen-bond donors (Lipinski definition) is 2. The van der Waals surface area contributed by atoms with Crippen LogP contribution in [0.2, 0.25) is 0 Å². The molecule has 1 aromatic heterocycles. The summed E-state index contributed by atoms with van der Waals surface area (Å²) >= 11 is 0. The van der Waals surface area contributed by atoms with E-state index < -0.39 is 0 Å².